The highest BCUT2D eigenvalue weighted by molar-refractivity contribution is 6.28. The number of nitrogens with two attached hydrogens (primary N) is 1. The average molecular weight is 311 g/mol. The molecule has 1 aromatic carbocycles. The standard InChI is InChI=1S/C17H15ClN4/c18-17-21-9-6-16(22-17)14-3-1-2-12(10-14)11-15(19)13-4-7-20-8-5-13/h1-10,15H,11,19H2. The highest BCUT2D eigenvalue weighted by atomic mass is 35.5. The molecule has 0 aliphatic rings. The Morgan fingerprint density at radius 2 is 1.86 bits per heavy atom. The molecule has 2 N–H and O–H groups in total. The van der Waals surface area contributed by atoms with Crippen LogP contribution in [0.2, 0.25) is 5.28 Å². The van der Waals surface area contributed by atoms with E-state index < -0.39 is 0 Å². The molecule has 0 saturated heterocycles. The first kappa shape index (κ1) is 14.6. The summed E-state index contributed by atoms with van der Waals surface area (Å²) in [5.41, 5.74) is 10.3. The SMILES string of the molecule is NC(Cc1cccc(-c2ccnc(Cl)n2)c1)c1ccncc1. The molecule has 2 aromatic heterocycles. The van der Waals surface area contributed by atoms with E-state index in [1.54, 1.807) is 18.6 Å². The van der Waals surface area contributed by atoms with Crippen molar-refractivity contribution in [2.24, 2.45) is 5.73 Å². The molecular formula is C17H15ClN4. The van der Waals surface area contributed by atoms with Crippen molar-refractivity contribution >= 4 is 11.6 Å². The summed E-state index contributed by atoms with van der Waals surface area (Å²) in [5, 5.41) is 0.247. The average Bonchev–Trinajstić information content (AvgIpc) is 2.56. The van der Waals surface area contributed by atoms with Crippen molar-refractivity contribution < 1.29 is 0 Å². The van der Waals surface area contributed by atoms with Crippen molar-refractivity contribution in [3.63, 3.8) is 0 Å². The zero-order valence-electron chi connectivity index (χ0n) is 11.9. The van der Waals surface area contributed by atoms with Gasteiger partial charge in [0.05, 0.1) is 5.69 Å². The Labute approximate surface area is 134 Å². The minimum absolute atomic E-state index is 0.0627. The van der Waals surface area contributed by atoms with E-state index in [9.17, 15) is 0 Å². The predicted octanol–water partition coefficient (Wildman–Crippen LogP) is 3.43. The molecule has 0 aliphatic carbocycles. The van der Waals surface area contributed by atoms with Crippen LogP contribution in [0.25, 0.3) is 11.3 Å². The Morgan fingerprint density at radius 1 is 1.05 bits per heavy atom. The maximum Gasteiger partial charge on any atom is 0.222 e. The van der Waals surface area contributed by atoms with Gasteiger partial charge in [0.25, 0.3) is 0 Å². The minimum Gasteiger partial charge on any atom is -0.324 e. The lowest BCUT2D eigenvalue weighted by molar-refractivity contribution is 0.720. The fraction of sp³-hybridized carbons (Fsp3) is 0.118. The van der Waals surface area contributed by atoms with Crippen molar-refractivity contribution in [2.75, 3.05) is 0 Å². The van der Waals surface area contributed by atoms with Gasteiger partial charge in [0.1, 0.15) is 0 Å². The van der Waals surface area contributed by atoms with E-state index in [0.717, 1.165) is 28.8 Å². The third-order valence-electron chi connectivity index (χ3n) is 3.44. The van der Waals surface area contributed by atoms with Gasteiger partial charge >= 0.3 is 0 Å². The third-order valence-corrected chi connectivity index (χ3v) is 3.62. The van der Waals surface area contributed by atoms with Crippen LogP contribution in [0.3, 0.4) is 0 Å². The zero-order valence-corrected chi connectivity index (χ0v) is 12.6. The van der Waals surface area contributed by atoms with Crippen LogP contribution in [-0.2, 0) is 6.42 Å². The van der Waals surface area contributed by atoms with Crippen LogP contribution >= 0.6 is 11.6 Å². The van der Waals surface area contributed by atoms with E-state index in [1.165, 1.54) is 0 Å². The Morgan fingerprint density at radius 3 is 2.64 bits per heavy atom. The van der Waals surface area contributed by atoms with E-state index >= 15 is 0 Å². The Balaban J connectivity index is 1.83. The van der Waals surface area contributed by atoms with Gasteiger partial charge in [-0.15, -0.1) is 0 Å². The normalized spacial score (nSPS) is 12.1. The van der Waals surface area contributed by atoms with E-state index in [2.05, 4.69) is 27.1 Å². The molecule has 0 amide bonds. The number of nitrogens with zero attached hydrogens (tertiary/aromatic N) is 3. The summed E-state index contributed by atoms with van der Waals surface area (Å²) in [4.78, 5) is 12.2. The monoisotopic (exact) mass is 310 g/mol. The second-order valence-electron chi connectivity index (χ2n) is 5.00. The molecule has 0 radical (unpaired) electrons. The maximum atomic E-state index is 6.27. The zero-order chi connectivity index (χ0) is 15.4. The maximum absolute atomic E-state index is 6.27. The topological polar surface area (TPSA) is 64.7 Å². The van der Waals surface area contributed by atoms with Gasteiger partial charge in [-0.3, -0.25) is 4.98 Å². The number of aromatic nitrogens is 3. The predicted molar refractivity (Wildman–Crippen MR) is 87.3 cm³/mol. The number of halogens is 1. The Hall–Kier alpha value is -2.30. The largest absolute Gasteiger partial charge is 0.324 e. The molecule has 0 fully saturated rings. The summed E-state index contributed by atoms with van der Waals surface area (Å²) >= 11 is 5.85. The first-order valence-electron chi connectivity index (χ1n) is 6.96. The summed E-state index contributed by atoms with van der Waals surface area (Å²) in [5.74, 6) is 0. The molecule has 22 heavy (non-hydrogen) atoms. The summed E-state index contributed by atoms with van der Waals surface area (Å²) in [7, 11) is 0. The summed E-state index contributed by atoms with van der Waals surface area (Å²) in [6.07, 6.45) is 5.92. The lowest BCUT2D eigenvalue weighted by atomic mass is 9.98. The molecule has 0 bridgehead atoms. The quantitative estimate of drug-likeness (QED) is 0.750. The van der Waals surface area contributed by atoms with Crippen LogP contribution in [0.4, 0.5) is 0 Å². The number of rotatable bonds is 4. The number of pyridine rings is 1. The summed E-state index contributed by atoms with van der Waals surface area (Å²) < 4.78 is 0. The van der Waals surface area contributed by atoms with E-state index in [4.69, 9.17) is 17.3 Å². The van der Waals surface area contributed by atoms with E-state index in [1.807, 2.05) is 30.3 Å². The smallest absolute Gasteiger partial charge is 0.222 e. The fourth-order valence-electron chi connectivity index (χ4n) is 2.34. The summed E-state index contributed by atoms with van der Waals surface area (Å²) in [6, 6.07) is 13.8. The molecule has 2 heterocycles. The second-order valence-corrected chi connectivity index (χ2v) is 5.34. The van der Waals surface area contributed by atoms with Crippen molar-refractivity contribution in [2.45, 2.75) is 12.5 Å². The van der Waals surface area contributed by atoms with Crippen molar-refractivity contribution in [3.05, 3.63) is 77.5 Å². The molecule has 0 saturated carbocycles. The van der Waals surface area contributed by atoms with E-state index in [0.29, 0.717) is 0 Å². The second kappa shape index (κ2) is 6.64. The molecule has 3 aromatic rings. The summed E-state index contributed by atoms with van der Waals surface area (Å²) in [6.45, 7) is 0. The van der Waals surface area contributed by atoms with E-state index in [-0.39, 0.29) is 11.3 Å². The highest BCUT2D eigenvalue weighted by Crippen LogP contribution is 2.22. The molecule has 0 aliphatic heterocycles. The Kier molecular flexibility index (Phi) is 4.42. The van der Waals surface area contributed by atoms with Crippen LogP contribution in [0.15, 0.2) is 61.1 Å². The van der Waals surface area contributed by atoms with Gasteiger partial charge in [-0.05, 0) is 53.4 Å². The van der Waals surface area contributed by atoms with Gasteiger partial charge in [-0.2, -0.15) is 0 Å². The molecule has 0 spiro atoms. The van der Waals surface area contributed by atoms with Gasteiger partial charge in [0.15, 0.2) is 0 Å². The van der Waals surface area contributed by atoms with Crippen molar-refractivity contribution in [3.8, 4) is 11.3 Å². The Bertz CT molecular complexity index is 761. The van der Waals surface area contributed by atoms with Gasteiger partial charge in [-0.25, -0.2) is 9.97 Å². The first-order chi connectivity index (χ1) is 10.7. The molecular weight excluding hydrogens is 296 g/mol. The van der Waals surface area contributed by atoms with Crippen LogP contribution in [0.1, 0.15) is 17.2 Å². The van der Waals surface area contributed by atoms with Crippen LogP contribution < -0.4 is 5.73 Å². The molecule has 110 valence electrons. The fourth-order valence-corrected chi connectivity index (χ4v) is 2.48. The molecule has 1 atom stereocenters. The highest BCUT2D eigenvalue weighted by Gasteiger charge is 2.08. The number of hydrogen-bond donors (Lipinski definition) is 1. The molecule has 1 unspecified atom stereocenters. The van der Waals surface area contributed by atoms with Crippen molar-refractivity contribution in [1.29, 1.82) is 0 Å². The first-order valence-corrected chi connectivity index (χ1v) is 7.33. The molecule has 5 heteroatoms. The molecule has 3 rings (SSSR count). The van der Waals surface area contributed by atoms with Crippen LogP contribution in [0.5, 0.6) is 0 Å². The van der Waals surface area contributed by atoms with Gasteiger partial charge in [-0.1, -0.05) is 18.2 Å². The van der Waals surface area contributed by atoms with Crippen LogP contribution in [-0.4, -0.2) is 15.0 Å². The van der Waals surface area contributed by atoms with Gasteiger partial charge < -0.3 is 5.73 Å². The number of benzene rings is 1. The lowest BCUT2D eigenvalue weighted by Gasteiger charge is -2.12. The van der Waals surface area contributed by atoms with Gasteiger partial charge in [0.2, 0.25) is 5.28 Å². The van der Waals surface area contributed by atoms with Gasteiger partial charge in [0, 0.05) is 30.2 Å². The third kappa shape index (κ3) is 3.47. The lowest BCUT2D eigenvalue weighted by Crippen LogP contribution is -2.13. The molecule has 4 nitrogen and oxygen atoms in total. The number of hydrogen-bond acceptors (Lipinski definition) is 4. The van der Waals surface area contributed by atoms with Crippen molar-refractivity contribution in [1.82, 2.24) is 15.0 Å². The minimum atomic E-state index is -0.0627. The van der Waals surface area contributed by atoms with Crippen LogP contribution in [0, 0.1) is 0 Å².